The molecule has 0 saturated heterocycles. The molecule has 0 unspecified atom stereocenters. The SMILES string of the molecule is CN=C(NCCCc1cccc(OC)c1)NC(C)C. The fourth-order valence-corrected chi connectivity index (χ4v) is 1.80. The number of aliphatic imine (C=N–C) groups is 1. The summed E-state index contributed by atoms with van der Waals surface area (Å²) in [6, 6.07) is 8.60. The van der Waals surface area contributed by atoms with Gasteiger partial charge in [0.1, 0.15) is 5.75 Å². The molecular formula is C15H25N3O. The van der Waals surface area contributed by atoms with Gasteiger partial charge in [0.25, 0.3) is 0 Å². The van der Waals surface area contributed by atoms with Crippen LogP contribution in [0.4, 0.5) is 0 Å². The average molecular weight is 263 g/mol. The van der Waals surface area contributed by atoms with Crippen LogP contribution in [-0.4, -0.2) is 32.7 Å². The molecule has 0 aromatic heterocycles. The summed E-state index contributed by atoms with van der Waals surface area (Å²) in [6.07, 6.45) is 2.09. The van der Waals surface area contributed by atoms with Crippen LogP contribution < -0.4 is 15.4 Å². The van der Waals surface area contributed by atoms with Gasteiger partial charge in [-0.3, -0.25) is 4.99 Å². The quantitative estimate of drug-likeness (QED) is 0.470. The molecule has 106 valence electrons. The molecule has 1 rings (SSSR count). The van der Waals surface area contributed by atoms with Crippen molar-refractivity contribution in [3.05, 3.63) is 29.8 Å². The third-order valence-electron chi connectivity index (χ3n) is 2.72. The van der Waals surface area contributed by atoms with Crippen molar-refractivity contribution >= 4 is 5.96 Å². The van der Waals surface area contributed by atoms with Gasteiger partial charge in [0.15, 0.2) is 5.96 Å². The second-order valence-electron chi connectivity index (χ2n) is 4.75. The molecule has 19 heavy (non-hydrogen) atoms. The maximum absolute atomic E-state index is 5.22. The van der Waals surface area contributed by atoms with Crippen molar-refractivity contribution in [3.8, 4) is 5.75 Å². The van der Waals surface area contributed by atoms with Crippen molar-refractivity contribution < 1.29 is 4.74 Å². The van der Waals surface area contributed by atoms with Gasteiger partial charge in [0.05, 0.1) is 7.11 Å². The summed E-state index contributed by atoms with van der Waals surface area (Å²) < 4.78 is 5.22. The van der Waals surface area contributed by atoms with Crippen molar-refractivity contribution in [1.82, 2.24) is 10.6 Å². The van der Waals surface area contributed by atoms with Crippen LogP contribution in [0, 0.1) is 0 Å². The lowest BCUT2D eigenvalue weighted by atomic mass is 10.1. The summed E-state index contributed by atoms with van der Waals surface area (Å²) in [7, 11) is 3.49. The van der Waals surface area contributed by atoms with Gasteiger partial charge in [-0.15, -0.1) is 0 Å². The molecule has 0 aliphatic carbocycles. The number of methoxy groups -OCH3 is 1. The van der Waals surface area contributed by atoms with Gasteiger partial charge >= 0.3 is 0 Å². The Balaban J connectivity index is 2.30. The van der Waals surface area contributed by atoms with E-state index in [0.717, 1.165) is 31.1 Å². The Morgan fingerprint density at radius 3 is 2.79 bits per heavy atom. The monoisotopic (exact) mass is 263 g/mol. The van der Waals surface area contributed by atoms with Crippen LogP contribution in [0.15, 0.2) is 29.3 Å². The van der Waals surface area contributed by atoms with E-state index < -0.39 is 0 Å². The molecule has 1 aromatic carbocycles. The molecule has 2 N–H and O–H groups in total. The van der Waals surface area contributed by atoms with Gasteiger partial charge in [0, 0.05) is 19.6 Å². The van der Waals surface area contributed by atoms with Crippen LogP contribution in [0.2, 0.25) is 0 Å². The number of aryl methyl sites for hydroxylation is 1. The van der Waals surface area contributed by atoms with Crippen molar-refractivity contribution in [2.24, 2.45) is 4.99 Å². The minimum Gasteiger partial charge on any atom is -0.497 e. The molecule has 0 spiro atoms. The zero-order chi connectivity index (χ0) is 14.1. The number of hydrogen-bond acceptors (Lipinski definition) is 2. The number of guanidine groups is 1. The van der Waals surface area contributed by atoms with Crippen LogP contribution in [0.25, 0.3) is 0 Å². The van der Waals surface area contributed by atoms with E-state index in [0.29, 0.717) is 6.04 Å². The normalized spacial score (nSPS) is 11.5. The lowest BCUT2D eigenvalue weighted by molar-refractivity contribution is 0.414. The Hall–Kier alpha value is -1.71. The van der Waals surface area contributed by atoms with Crippen molar-refractivity contribution in [3.63, 3.8) is 0 Å². The molecule has 1 aromatic rings. The van der Waals surface area contributed by atoms with Crippen LogP contribution >= 0.6 is 0 Å². The molecule has 0 amide bonds. The van der Waals surface area contributed by atoms with Gasteiger partial charge < -0.3 is 15.4 Å². The van der Waals surface area contributed by atoms with Crippen LogP contribution in [0.1, 0.15) is 25.8 Å². The number of ether oxygens (including phenoxy) is 1. The first-order valence-corrected chi connectivity index (χ1v) is 6.76. The van der Waals surface area contributed by atoms with E-state index in [1.807, 2.05) is 12.1 Å². The maximum Gasteiger partial charge on any atom is 0.191 e. The Kier molecular flexibility index (Phi) is 6.79. The predicted octanol–water partition coefficient (Wildman–Crippen LogP) is 2.20. The van der Waals surface area contributed by atoms with Crippen molar-refractivity contribution in [2.45, 2.75) is 32.7 Å². The predicted molar refractivity (Wildman–Crippen MR) is 80.9 cm³/mol. The number of nitrogens with zero attached hydrogens (tertiary/aromatic N) is 1. The second-order valence-corrected chi connectivity index (χ2v) is 4.75. The van der Waals surface area contributed by atoms with E-state index in [2.05, 4.69) is 41.6 Å². The summed E-state index contributed by atoms with van der Waals surface area (Å²) in [5.41, 5.74) is 1.30. The second kappa shape index (κ2) is 8.40. The number of rotatable bonds is 6. The molecule has 0 aliphatic rings. The third kappa shape index (κ3) is 6.13. The van der Waals surface area contributed by atoms with Crippen molar-refractivity contribution in [1.29, 1.82) is 0 Å². The zero-order valence-corrected chi connectivity index (χ0v) is 12.4. The highest BCUT2D eigenvalue weighted by molar-refractivity contribution is 5.79. The molecule has 0 bridgehead atoms. The summed E-state index contributed by atoms with van der Waals surface area (Å²) in [5, 5.41) is 6.57. The molecule has 0 aliphatic heterocycles. The summed E-state index contributed by atoms with van der Waals surface area (Å²) >= 11 is 0. The van der Waals surface area contributed by atoms with Crippen LogP contribution in [-0.2, 0) is 6.42 Å². The Labute approximate surface area is 116 Å². The first-order valence-electron chi connectivity index (χ1n) is 6.76. The van der Waals surface area contributed by atoms with E-state index in [4.69, 9.17) is 4.74 Å². The van der Waals surface area contributed by atoms with E-state index in [-0.39, 0.29) is 0 Å². The topological polar surface area (TPSA) is 45.7 Å². The summed E-state index contributed by atoms with van der Waals surface area (Å²) in [6.45, 7) is 5.11. The Morgan fingerprint density at radius 1 is 1.37 bits per heavy atom. The summed E-state index contributed by atoms with van der Waals surface area (Å²) in [4.78, 5) is 4.17. The van der Waals surface area contributed by atoms with Gasteiger partial charge in [-0.05, 0) is 44.4 Å². The van der Waals surface area contributed by atoms with Crippen LogP contribution in [0.3, 0.4) is 0 Å². The smallest absolute Gasteiger partial charge is 0.191 e. The third-order valence-corrected chi connectivity index (χ3v) is 2.72. The largest absolute Gasteiger partial charge is 0.497 e. The fourth-order valence-electron chi connectivity index (χ4n) is 1.80. The van der Waals surface area contributed by atoms with Gasteiger partial charge in [-0.1, -0.05) is 12.1 Å². The minimum atomic E-state index is 0.393. The van der Waals surface area contributed by atoms with Crippen molar-refractivity contribution in [2.75, 3.05) is 20.7 Å². The first kappa shape index (κ1) is 15.3. The minimum absolute atomic E-state index is 0.393. The van der Waals surface area contributed by atoms with E-state index in [1.165, 1.54) is 5.56 Å². The lowest BCUT2D eigenvalue weighted by Crippen LogP contribution is -2.41. The molecule has 0 heterocycles. The van der Waals surface area contributed by atoms with Gasteiger partial charge in [-0.2, -0.15) is 0 Å². The standard InChI is InChI=1S/C15H25N3O/c1-12(2)18-15(16-3)17-10-6-8-13-7-5-9-14(11-13)19-4/h5,7,9,11-12H,6,8,10H2,1-4H3,(H2,16,17,18). The molecule has 0 saturated carbocycles. The fraction of sp³-hybridized carbons (Fsp3) is 0.533. The highest BCUT2D eigenvalue weighted by atomic mass is 16.5. The lowest BCUT2D eigenvalue weighted by Gasteiger charge is -2.14. The molecule has 0 fully saturated rings. The zero-order valence-electron chi connectivity index (χ0n) is 12.4. The van der Waals surface area contributed by atoms with Gasteiger partial charge in [-0.25, -0.2) is 0 Å². The maximum atomic E-state index is 5.22. The number of benzene rings is 1. The molecule has 0 atom stereocenters. The Bertz CT molecular complexity index is 402. The van der Waals surface area contributed by atoms with E-state index in [1.54, 1.807) is 14.2 Å². The van der Waals surface area contributed by atoms with E-state index >= 15 is 0 Å². The number of nitrogens with one attached hydrogen (secondary N) is 2. The van der Waals surface area contributed by atoms with Crippen LogP contribution in [0.5, 0.6) is 5.75 Å². The van der Waals surface area contributed by atoms with Gasteiger partial charge in [0.2, 0.25) is 0 Å². The highest BCUT2D eigenvalue weighted by Gasteiger charge is 2.00. The van der Waals surface area contributed by atoms with E-state index in [9.17, 15) is 0 Å². The highest BCUT2D eigenvalue weighted by Crippen LogP contribution is 2.13. The first-order chi connectivity index (χ1) is 9.15. The average Bonchev–Trinajstić information content (AvgIpc) is 2.42. The molecule has 4 nitrogen and oxygen atoms in total. The Morgan fingerprint density at radius 2 is 2.16 bits per heavy atom. The molecule has 0 radical (unpaired) electrons. The molecule has 4 heteroatoms. The number of hydrogen-bond donors (Lipinski definition) is 2. The molecular weight excluding hydrogens is 238 g/mol. The summed E-state index contributed by atoms with van der Waals surface area (Å²) in [5.74, 6) is 1.78.